The Hall–Kier alpha value is -0.850. The van der Waals surface area contributed by atoms with Crippen molar-refractivity contribution in [3.8, 4) is 0 Å². The zero-order chi connectivity index (χ0) is 8.06. The van der Waals surface area contributed by atoms with Crippen LogP contribution >= 0.6 is 0 Å². The molecule has 0 bridgehead atoms. The van der Waals surface area contributed by atoms with E-state index in [0.29, 0.717) is 0 Å². The van der Waals surface area contributed by atoms with Crippen LogP contribution in [-0.4, -0.2) is 5.78 Å². The lowest BCUT2D eigenvalue weighted by Gasteiger charge is -2.20. The van der Waals surface area contributed by atoms with E-state index in [9.17, 15) is 4.79 Å². The third-order valence-electron chi connectivity index (χ3n) is 3.10. The van der Waals surface area contributed by atoms with E-state index < -0.39 is 0 Å². The zero-order valence-electron chi connectivity index (χ0n) is 6.81. The molecule has 0 spiro atoms. The van der Waals surface area contributed by atoms with Gasteiger partial charge in [-0.25, -0.2) is 0 Å². The fourth-order valence-corrected chi connectivity index (χ4v) is 2.16. The third-order valence-corrected chi connectivity index (χ3v) is 3.10. The fourth-order valence-electron chi connectivity index (χ4n) is 2.16. The summed E-state index contributed by atoms with van der Waals surface area (Å²) in [4.78, 5) is 11.2. The minimum atomic E-state index is 0.0527. The van der Waals surface area contributed by atoms with Crippen LogP contribution in [0.1, 0.15) is 26.2 Å². The van der Waals surface area contributed by atoms with Crippen LogP contribution in [-0.2, 0) is 4.79 Å². The van der Waals surface area contributed by atoms with Gasteiger partial charge in [0.1, 0.15) is 0 Å². The predicted octanol–water partition coefficient (Wildman–Crippen LogP) is 2.24. The zero-order valence-corrected chi connectivity index (χ0v) is 6.81. The van der Waals surface area contributed by atoms with E-state index in [2.05, 4.69) is 13.5 Å². The molecule has 0 aliphatic heterocycles. The molecule has 1 fully saturated rings. The molecular weight excluding hydrogens is 136 g/mol. The van der Waals surface area contributed by atoms with E-state index in [1.807, 2.05) is 0 Å². The van der Waals surface area contributed by atoms with Crippen LogP contribution < -0.4 is 0 Å². The van der Waals surface area contributed by atoms with Crippen LogP contribution in [0, 0.1) is 5.41 Å². The highest BCUT2D eigenvalue weighted by Gasteiger charge is 2.42. The molecule has 0 heterocycles. The number of fused-ring (bicyclic) bond motifs is 1. The molecule has 1 heteroatoms. The van der Waals surface area contributed by atoms with Crippen molar-refractivity contribution in [3.63, 3.8) is 0 Å². The number of ketones is 1. The standard InChI is InChI=1S/C10H12O/c1-7-9(11)6-8-4-3-5-10(7,8)2/h6H,1,3-5H2,2H3. The van der Waals surface area contributed by atoms with Gasteiger partial charge in [-0.15, -0.1) is 0 Å². The van der Waals surface area contributed by atoms with Crippen molar-refractivity contribution in [1.82, 2.24) is 0 Å². The lowest BCUT2D eigenvalue weighted by molar-refractivity contribution is -0.111. The van der Waals surface area contributed by atoms with E-state index in [4.69, 9.17) is 0 Å². The molecule has 0 radical (unpaired) electrons. The Morgan fingerprint density at radius 3 is 3.00 bits per heavy atom. The molecule has 1 atom stereocenters. The molecule has 58 valence electrons. The van der Waals surface area contributed by atoms with Crippen molar-refractivity contribution in [2.24, 2.45) is 5.41 Å². The highest BCUT2D eigenvalue weighted by atomic mass is 16.1. The lowest BCUT2D eigenvalue weighted by Crippen LogP contribution is -2.14. The first-order valence-corrected chi connectivity index (χ1v) is 4.09. The van der Waals surface area contributed by atoms with Gasteiger partial charge < -0.3 is 0 Å². The molecule has 2 aliphatic carbocycles. The third kappa shape index (κ3) is 0.684. The Labute approximate surface area is 66.8 Å². The maximum atomic E-state index is 11.2. The lowest BCUT2D eigenvalue weighted by atomic mass is 9.82. The Morgan fingerprint density at radius 2 is 2.36 bits per heavy atom. The quantitative estimate of drug-likeness (QED) is 0.481. The largest absolute Gasteiger partial charge is 0.290 e. The van der Waals surface area contributed by atoms with Crippen LogP contribution in [0.2, 0.25) is 0 Å². The number of allylic oxidation sites excluding steroid dienone is 3. The van der Waals surface area contributed by atoms with Crippen LogP contribution in [0.25, 0.3) is 0 Å². The Bertz CT molecular complexity index is 273. The molecule has 2 rings (SSSR count). The van der Waals surface area contributed by atoms with E-state index in [1.54, 1.807) is 6.08 Å². The Kier molecular flexibility index (Phi) is 1.15. The maximum absolute atomic E-state index is 11.2. The van der Waals surface area contributed by atoms with Crippen LogP contribution in [0.3, 0.4) is 0 Å². The molecule has 0 saturated heterocycles. The second kappa shape index (κ2) is 1.84. The fraction of sp³-hybridized carbons (Fsp3) is 0.500. The summed E-state index contributed by atoms with van der Waals surface area (Å²) in [6, 6.07) is 0. The first kappa shape index (κ1) is 6.84. The van der Waals surface area contributed by atoms with Gasteiger partial charge in [0, 0.05) is 11.0 Å². The molecule has 1 nitrogen and oxygen atoms in total. The van der Waals surface area contributed by atoms with Crippen LogP contribution in [0.4, 0.5) is 0 Å². The van der Waals surface area contributed by atoms with Crippen molar-refractivity contribution >= 4 is 5.78 Å². The number of hydrogen-bond acceptors (Lipinski definition) is 1. The summed E-state index contributed by atoms with van der Waals surface area (Å²) in [5.41, 5.74) is 2.18. The van der Waals surface area contributed by atoms with Crippen molar-refractivity contribution < 1.29 is 4.79 Å². The minimum Gasteiger partial charge on any atom is -0.290 e. The highest BCUT2D eigenvalue weighted by Crippen LogP contribution is 2.51. The Morgan fingerprint density at radius 1 is 1.64 bits per heavy atom. The van der Waals surface area contributed by atoms with Crippen molar-refractivity contribution in [1.29, 1.82) is 0 Å². The van der Waals surface area contributed by atoms with Gasteiger partial charge in [-0.2, -0.15) is 0 Å². The number of hydrogen-bond donors (Lipinski definition) is 0. The highest BCUT2D eigenvalue weighted by molar-refractivity contribution is 6.08. The molecule has 1 saturated carbocycles. The van der Waals surface area contributed by atoms with E-state index in [-0.39, 0.29) is 11.2 Å². The maximum Gasteiger partial charge on any atom is 0.182 e. The normalized spacial score (nSPS) is 35.9. The van der Waals surface area contributed by atoms with E-state index in [1.165, 1.54) is 12.0 Å². The van der Waals surface area contributed by atoms with Gasteiger partial charge in [-0.1, -0.05) is 19.1 Å². The van der Waals surface area contributed by atoms with Crippen molar-refractivity contribution in [3.05, 3.63) is 23.8 Å². The summed E-state index contributed by atoms with van der Waals surface area (Å²) in [7, 11) is 0. The van der Waals surface area contributed by atoms with Crippen LogP contribution in [0.15, 0.2) is 23.8 Å². The van der Waals surface area contributed by atoms with Gasteiger partial charge in [0.15, 0.2) is 5.78 Å². The van der Waals surface area contributed by atoms with Gasteiger partial charge in [-0.05, 0) is 25.3 Å². The molecule has 0 aromatic heterocycles. The van der Waals surface area contributed by atoms with Gasteiger partial charge in [0.05, 0.1) is 0 Å². The summed E-state index contributed by atoms with van der Waals surface area (Å²) >= 11 is 0. The van der Waals surface area contributed by atoms with Gasteiger partial charge in [0.25, 0.3) is 0 Å². The molecule has 1 unspecified atom stereocenters. The van der Waals surface area contributed by atoms with E-state index in [0.717, 1.165) is 18.4 Å². The number of carbonyl (C=O) groups excluding carboxylic acids is 1. The Balaban J connectivity index is 2.50. The average molecular weight is 148 g/mol. The molecule has 0 aromatic carbocycles. The molecular formula is C10H12O. The van der Waals surface area contributed by atoms with Gasteiger partial charge in [-0.3, -0.25) is 4.79 Å². The smallest absolute Gasteiger partial charge is 0.182 e. The summed E-state index contributed by atoms with van der Waals surface area (Å²) in [5.74, 6) is 0.155. The van der Waals surface area contributed by atoms with Crippen LogP contribution in [0.5, 0.6) is 0 Å². The van der Waals surface area contributed by atoms with Gasteiger partial charge >= 0.3 is 0 Å². The number of carbonyl (C=O) groups is 1. The second-order valence-electron chi connectivity index (χ2n) is 3.70. The monoisotopic (exact) mass is 148 g/mol. The minimum absolute atomic E-state index is 0.0527. The van der Waals surface area contributed by atoms with E-state index >= 15 is 0 Å². The van der Waals surface area contributed by atoms with Crippen molar-refractivity contribution in [2.45, 2.75) is 26.2 Å². The SMILES string of the molecule is C=C1C(=O)C=C2CCCC12C. The average Bonchev–Trinajstić information content (AvgIpc) is 2.39. The summed E-state index contributed by atoms with van der Waals surface area (Å²) in [5, 5.41) is 0. The molecule has 0 aromatic rings. The first-order chi connectivity index (χ1) is 5.14. The number of rotatable bonds is 0. The second-order valence-corrected chi connectivity index (χ2v) is 3.70. The first-order valence-electron chi connectivity index (χ1n) is 4.09. The van der Waals surface area contributed by atoms with Crippen molar-refractivity contribution in [2.75, 3.05) is 0 Å². The molecule has 2 aliphatic rings. The molecule has 0 N–H and O–H groups in total. The summed E-state index contributed by atoms with van der Waals surface area (Å²) < 4.78 is 0. The molecule has 11 heavy (non-hydrogen) atoms. The topological polar surface area (TPSA) is 17.1 Å². The molecule has 0 amide bonds. The predicted molar refractivity (Wildman–Crippen MR) is 44.2 cm³/mol. The summed E-state index contributed by atoms with van der Waals surface area (Å²) in [6.07, 6.45) is 5.22. The van der Waals surface area contributed by atoms with Gasteiger partial charge in [0.2, 0.25) is 0 Å². The summed E-state index contributed by atoms with van der Waals surface area (Å²) in [6.45, 7) is 5.99.